The Hall–Kier alpha value is -0.750. The monoisotopic (exact) mass is 247 g/mol. The first-order valence-electron chi connectivity index (χ1n) is 3.06. The Bertz CT molecular complexity index is 383. The lowest BCUT2D eigenvalue weighted by Gasteiger charge is -1.93. The summed E-state index contributed by atoms with van der Waals surface area (Å²) in [5.41, 5.74) is 1.64. The molecule has 0 unspecified atom stereocenters. The fraction of sp³-hybridized carbons (Fsp3) is 0. The summed E-state index contributed by atoms with van der Waals surface area (Å²) in [7, 11) is 0. The van der Waals surface area contributed by atoms with Gasteiger partial charge in [-0.2, -0.15) is 9.37 Å². The third kappa shape index (κ3) is 1.27. The van der Waals surface area contributed by atoms with E-state index in [2.05, 4.69) is 25.9 Å². The third-order valence-electron chi connectivity index (χ3n) is 1.29. The van der Waals surface area contributed by atoms with E-state index in [-0.39, 0.29) is 0 Å². The molecule has 0 N–H and O–H groups in total. The Balaban J connectivity index is 2.54. The highest BCUT2D eigenvalue weighted by Crippen LogP contribution is 2.17. The number of hydrogen-bond acceptors (Lipinski definition) is 3. The summed E-state index contributed by atoms with van der Waals surface area (Å²) in [4.78, 5) is 7.40. The van der Waals surface area contributed by atoms with Crippen LogP contribution in [-0.4, -0.2) is 14.5 Å². The molecule has 6 heteroatoms. The van der Waals surface area contributed by atoms with Gasteiger partial charge in [-0.3, -0.25) is 9.55 Å². The van der Waals surface area contributed by atoms with Crippen molar-refractivity contribution in [2.24, 2.45) is 0 Å². The third-order valence-corrected chi connectivity index (χ3v) is 2.44. The molecule has 0 aliphatic rings. The quantitative estimate of drug-likeness (QED) is 0.774. The van der Waals surface area contributed by atoms with Gasteiger partial charge in [0.25, 0.3) is 6.08 Å². The molecule has 2 aromatic rings. The molecule has 0 fully saturated rings. The Morgan fingerprint density at radius 2 is 2.42 bits per heavy atom. The van der Waals surface area contributed by atoms with Crippen LogP contribution in [0.3, 0.4) is 0 Å². The van der Waals surface area contributed by atoms with Crippen LogP contribution in [0.5, 0.6) is 0 Å². The van der Waals surface area contributed by atoms with Gasteiger partial charge in [-0.1, -0.05) is 0 Å². The zero-order valence-electron chi connectivity index (χ0n) is 5.74. The SMILES string of the molecule is Fc1nc(Br)cn1-c1cncs1. The minimum atomic E-state index is -0.536. The normalized spacial score (nSPS) is 10.5. The minimum absolute atomic E-state index is 0.480. The molecule has 2 rings (SSSR count). The Morgan fingerprint density at radius 3 is 2.92 bits per heavy atom. The van der Waals surface area contributed by atoms with Crippen molar-refractivity contribution < 1.29 is 4.39 Å². The van der Waals surface area contributed by atoms with Gasteiger partial charge in [0, 0.05) is 6.20 Å². The summed E-state index contributed by atoms with van der Waals surface area (Å²) in [6, 6.07) is 0. The molecule has 0 aliphatic heterocycles. The van der Waals surface area contributed by atoms with Crippen LogP contribution in [0.25, 0.3) is 5.00 Å². The minimum Gasteiger partial charge on any atom is -0.264 e. The van der Waals surface area contributed by atoms with Crippen molar-refractivity contribution in [2.75, 3.05) is 0 Å². The lowest BCUT2D eigenvalue weighted by molar-refractivity contribution is 0.524. The van der Waals surface area contributed by atoms with Crippen LogP contribution in [0.4, 0.5) is 4.39 Å². The maximum atomic E-state index is 13.0. The van der Waals surface area contributed by atoms with E-state index in [1.165, 1.54) is 15.9 Å². The highest BCUT2D eigenvalue weighted by molar-refractivity contribution is 9.10. The van der Waals surface area contributed by atoms with E-state index in [9.17, 15) is 4.39 Å². The van der Waals surface area contributed by atoms with E-state index in [1.54, 1.807) is 17.9 Å². The molecule has 0 saturated carbocycles. The molecule has 3 nitrogen and oxygen atoms in total. The van der Waals surface area contributed by atoms with E-state index >= 15 is 0 Å². The van der Waals surface area contributed by atoms with Crippen molar-refractivity contribution in [2.45, 2.75) is 0 Å². The predicted molar refractivity (Wildman–Crippen MR) is 46.9 cm³/mol. The van der Waals surface area contributed by atoms with Gasteiger partial charge in [0.15, 0.2) is 0 Å². The number of rotatable bonds is 1. The number of aromatic nitrogens is 3. The molecule has 0 radical (unpaired) electrons. The van der Waals surface area contributed by atoms with Crippen molar-refractivity contribution in [1.29, 1.82) is 0 Å². The molecule has 0 atom stereocenters. The first-order valence-corrected chi connectivity index (χ1v) is 4.74. The molecule has 0 saturated heterocycles. The van der Waals surface area contributed by atoms with Crippen molar-refractivity contribution >= 4 is 27.3 Å². The van der Waals surface area contributed by atoms with E-state index < -0.39 is 6.08 Å². The molecule has 0 amide bonds. The topological polar surface area (TPSA) is 30.7 Å². The van der Waals surface area contributed by atoms with Crippen LogP contribution in [0.1, 0.15) is 0 Å². The Kier molecular flexibility index (Phi) is 1.93. The summed E-state index contributed by atoms with van der Waals surface area (Å²) >= 11 is 4.44. The fourth-order valence-electron chi connectivity index (χ4n) is 0.813. The molecule has 0 aliphatic carbocycles. The first-order chi connectivity index (χ1) is 5.77. The van der Waals surface area contributed by atoms with E-state index in [0.717, 1.165) is 0 Å². The number of imidazole rings is 1. The van der Waals surface area contributed by atoms with Crippen LogP contribution in [-0.2, 0) is 0 Å². The van der Waals surface area contributed by atoms with Gasteiger partial charge in [0.1, 0.15) is 9.60 Å². The van der Waals surface area contributed by atoms with E-state index in [0.29, 0.717) is 9.60 Å². The van der Waals surface area contributed by atoms with Crippen molar-refractivity contribution in [1.82, 2.24) is 14.5 Å². The molecule has 0 aromatic carbocycles. The van der Waals surface area contributed by atoms with Gasteiger partial charge in [-0.15, -0.1) is 11.3 Å². The van der Waals surface area contributed by atoms with Crippen LogP contribution in [0.2, 0.25) is 0 Å². The average Bonchev–Trinajstić information content (AvgIpc) is 2.58. The number of nitrogens with zero attached hydrogens (tertiary/aromatic N) is 3. The van der Waals surface area contributed by atoms with Crippen molar-refractivity contribution in [3.05, 3.63) is 28.6 Å². The first kappa shape index (κ1) is 7.88. The second-order valence-electron chi connectivity index (χ2n) is 2.04. The summed E-state index contributed by atoms with van der Waals surface area (Å²) in [6.07, 6.45) is 2.61. The lowest BCUT2D eigenvalue weighted by Crippen LogP contribution is -1.92. The average molecular weight is 248 g/mol. The van der Waals surface area contributed by atoms with E-state index in [1.807, 2.05) is 0 Å². The smallest absolute Gasteiger partial charge is 0.264 e. The predicted octanol–water partition coefficient (Wildman–Crippen LogP) is 2.23. The fourth-order valence-corrected chi connectivity index (χ4v) is 1.76. The van der Waals surface area contributed by atoms with Gasteiger partial charge < -0.3 is 0 Å². The van der Waals surface area contributed by atoms with Crippen LogP contribution >= 0.6 is 27.3 Å². The van der Waals surface area contributed by atoms with Crippen molar-refractivity contribution in [3.63, 3.8) is 0 Å². The highest BCUT2D eigenvalue weighted by atomic mass is 79.9. The van der Waals surface area contributed by atoms with Crippen LogP contribution < -0.4 is 0 Å². The summed E-state index contributed by atoms with van der Waals surface area (Å²) in [5.74, 6) is 0. The molecule has 0 bridgehead atoms. The van der Waals surface area contributed by atoms with Crippen LogP contribution in [0, 0.1) is 6.08 Å². The second kappa shape index (κ2) is 2.95. The molecule has 12 heavy (non-hydrogen) atoms. The van der Waals surface area contributed by atoms with Gasteiger partial charge in [-0.25, -0.2) is 0 Å². The molecule has 2 aromatic heterocycles. The van der Waals surface area contributed by atoms with E-state index in [4.69, 9.17) is 0 Å². The molecule has 2 heterocycles. The highest BCUT2D eigenvalue weighted by Gasteiger charge is 2.07. The summed E-state index contributed by atoms with van der Waals surface area (Å²) in [6.45, 7) is 0. The van der Waals surface area contributed by atoms with Crippen molar-refractivity contribution in [3.8, 4) is 5.00 Å². The maximum absolute atomic E-state index is 13.0. The Morgan fingerprint density at radius 1 is 1.58 bits per heavy atom. The zero-order valence-corrected chi connectivity index (χ0v) is 8.14. The molecular weight excluding hydrogens is 245 g/mol. The molecule has 62 valence electrons. The number of hydrogen-bond donors (Lipinski definition) is 0. The second-order valence-corrected chi connectivity index (χ2v) is 3.72. The van der Waals surface area contributed by atoms with Crippen LogP contribution in [0.15, 0.2) is 22.5 Å². The van der Waals surface area contributed by atoms with Gasteiger partial charge in [0.05, 0.1) is 11.7 Å². The Labute approximate surface area is 80.0 Å². The zero-order chi connectivity index (χ0) is 8.55. The summed E-state index contributed by atoms with van der Waals surface area (Å²) < 4.78 is 14.8. The number of halogens is 2. The van der Waals surface area contributed by atoms with Gasteiger partial charge in [0.2, 0.25) is 0 Å². The molecule has 0 spiro atoms. The summed E-state index contributed by atoms with van der Waals surface area (Å²) in [5, 5.41) is 0.714. The van der Waals surface area contributed by atoms with Gasteiger partial charge in [-0.05, 0) is 15.9 Å². The lowest BCUT2D eigenvalue weighted by atomic mass is 10.8. The molecular formula is C6H3BrFN3S. The van der Waals surface area contributed by atoms with Gasteiger partial charge >= 0.3 is 0 Å². The number of thiazole rings is 1. The maximum Gasteiger partial charge on any atom is 0.295 e. The standard InChI is InChI=1S/C6H3BrFN3S/c7-4-2-11(6(8)10-4)5-1-9-3-12-5/h1-3H. The largest absolute Gasteiger partial charge is 0.295 e.